The number of carbonyl (C=O) groups is 1. The number of aromatic nitrogens is 1. The number of ether oxygens (including phenoxy) is 2. The smallest absolute Gasteiger partial charge is 0.321 e. The molecule has 8 heteroatoms. The monoisotopic (exact) mass is 344 g/mol. The topological polar surface area (TPSA) is 80.1 Å². The van der Waals surface area contributed by atoms with Crippen LogP contribution in [0, 0.1) is 6.92 Å². The van der Waals surface area contributed by atoms with Crippen molar-refractivity contribution in [2.75, 3.05) is 49.6 Å². The molecule has 0 spiro atoms. The normalized spacial score (nSPS) is 16.7. The highest BCUT2D eigenvalue weighted by Gasteiger charge is 2.23. The fourth-order valence-electron chi connectivity index (χ4n) is 2.96. The second-order valence-corrected chi connectivity index (χ2v) is 6.06. The number of nitrogens with zero attached hydrogens (tertiary/aromatic N) is 3. The molecular weight excluding hydrogens is 324 g/mol. The number of hydrogen-bond acceptors (Lipinski definition) is 6. The van der Waals surface area contributed by atoms with Gasteiger partial charge in [0.15, 0.2) is 17.3 Å². The molecule has 2 aliphatic heterocycles. The van der Waals surface area contributed by atoms with Crippen LogP contribution in [0.3, 0.4) is 0 Å². The van der Waals surface area contributed by atoms with E-state index in [1.807, 2.05) is 25.1 Å². The van der Waals surface area contributed by atoms with Crippen LogP contribution in [0.1, 0.15) is 5.76 Å². The van der Waals surface area contributed by atoms with Crippen LogP contribution in [0.25, 0.3) is 0 Å². The van der Waals surface area contributed by atoms with E-state index in [2.05, 4.69) is 15.4 Å². The van der Waals surface area contributed by atoms with Gasteiger partial charge in [0, 0.05) is 44.0 Å². The Bertz CT molecular complexity index is 768. The Kier molecular flexibility index (Phi) is 4.09. The van der Waals surface area contributed by atoms with Crippen LogP contribution in [0.15, 0.2) is 28.8 Å². The average molecular weight is 344 g/mol. The summed E-state index contributed by atoms with van der Waals surface area (Å²) in [6.07, 6.45) is 0. The molecule has 0 unspecified atom stereocenters. The summed E-state index contributed by atoms with van der Waals surface area (Å²) in [6.45, 7) is 5.64. The van der Waals surface area contributed by atoms with Gasteiger partial charge in [-0.05, 0) is 19.1 Å². The molecule has 1 aromatic heterocycles. The minimum atomic E-state index is -0.118. The van der Waals surface area contributed by atoms with Crippen molar-refractivity contribution >= 4 is 17.5 Å². The van der Waals surface area contributed by atoms with Crippen LogP contribution in [0.4, 0.5) is 16.3 Å². The minimum absolute atomic E-state index is 0.118. The molecule has 1 saturated heterocycles. The molecule has 8 nitrogen and oxygen atoms in total. The third kappa shape index (κ3) is 3.33. The molecule has 2 aliphatic rings. The lowest BCUT2D eigenvalue weighted by atomic mass is 10.2. The first-order chi connectivity index (χ1) is 12.2. The average Bonchev–Trinajstić information content (AvgIpc) is 3.08. The quantitative estimate of drug-likeness (QED) is 0.899. The molecule has 2 amide bonds. The van der Waals surface area contributed by atoms with Gasteiger partial charge in [-0.15, -0.1) is 0 Å². The predicted octanol–water partition coefficient (Wildman–Crippen LogP) is 2.11. The number of urea groups is 1. The van der Waals surface area contributed by atoms with Gasteiger partial charge in [-0.3, -0.25) is 0 Å². The van der Waals surface area contributed by atoms with E-state index in [0.717, 1.165) is 24.7 Å². The zero-order valence-electron chi connectivity index (χ0n) is 14.0. The van der Waals surface area contributed by atoms with Gasteiger partial charge in [-0.25, -0.2) is 4.79 Å². The van der Waals surface area contributed by atoms with Gasteiger partial charge in [0.05, 0.1) is 0 Å². The summed E-state index contributed by atoms with van der Waals surface area (Å²) in [5.74, 6) is 2.98. The highest BCUT2D eigenvalue weighted by molar-refractivity contribution is 5.90. The van der Waals surface area contributed by atoms with E-state index in [4.69, 9.17) is 14.0 Å². The Labute approximate surface area is 145 Å². The standard InChI is InChI=1S/C17H20N4O4/c1-12-10-16(19-25-12)20-4-6-21(7-5-20)17(22)18-13-2-3-14-15(11-13)24-9-8-23-14/h2-3,10-11H,4-9H2,1H3,(H,18,22). The van der Waals surface area contributed by atoms with Gasteiger partial charge in [-0.1, -0.05) is 5.16 Å². The van der Waals surface area contributed by atoms with Crippen molar-refractivity contribution in [2.45, 2.75) is 6.92 Å². The lowest BCUT2D eigenvalue weighted by molar-refractivity contribution is 0.171. The molecule has 0 bridgehead atoms. The zero-order valence-corrected chi connectivity index (χ0v) is 14.0. The summed E-state index contributed by atoms with van der Waals surface area (Å²) in [5, 5.41) is 6.94. The van der Waals surface area contributed by atoms with E-state index in [-0.39, 0.29) is 6.03 Å². The first-order valence-corrected chi connectivity index (χ1v) is 8.33. The van der Waals surface area contributed by atoms with Crippen molar-refractivity contribution in [1.82, 2.24) is 10.1 Å². The number of nitrogens with one attached hydrogen (secondary N) is 1. The van der Waals surface area contributed by atoms with Crippen molar-refractivity contribution < 1.29 is 18.8 Å². The number of aryl methyl sites for hydroxylation is 1. The van der Waals surface area contributed by atoms with Gasteiger partial charge in [0.2, 0.25) is 0 Å². The highest BCUT2D eigenvalue weighted by Crippen LogP contribution is 2.32. The fourth-order valence-corrected chi connectivity index (χ4v) is 2.96. The molecule has 0 radical (unpaired) electrons. The third-order valence-electron chi connectivity index (χ3n) is 4.30. The first-order valence-electron chi connectivity index (χ1n) is 8.33. The van der Waals surface area contributed by atoms with Crippen molar-refractivity contribution in [3.8, 4) is 11.5 Å². The van der Waals surface area contributed by atoms with E-state index >= 15 is 0 Å². The molecule has 132 valence electrons. The molecule has 0 aliphatic carbocycles. The summed E-state index contributed by atoms with van der Waals surface area (Å²) in [5.41, 5.74) is 0.698. The van der Waals surface area contributed by atoms with Crippen LogP contribution >= 0.6 is 0 Å². The molecule has 0 atom stereocenters. The molecule has 4 rings (SSSR count). The van der Waals surface area contributed by atoms with Crippen LogP contribution in [-0.4, -0.2) is 55.5 Å². The molecular formula is C17H20N4O4. The molecule has 1 aromatic carbocycles. The van der Waals surface area contributed by atoms with Crippen molar-refractivity contribution in [3.63, 3.8) is 0 Å². The number of carbonyl (C=O) groups excluding carboxylic acids is 1. The number of anilines is 2. The van der Waals surface area contributed by atoms with Crippen LogP contribution in [0.5, 0.6) is 11.5 Å². The Morgan fingerprint density at radius 3 is 2.56 bits per heavy atom. The van der Waals surface area contributed by atoms with E-state index in [0.29, 0.717) is 43.5 Å². The van der Waals surface area contributed by atoms with Crippen LogP contribution < -0.4 is 19.7 Å². The number of hydrogen-bond donors (Lipinski definition) is 1. The molecule has 3 heterocycles. The Hall–Kier alpha value is -2.90. The van der Waals surface area contributed by atoms with Crippen molar-refractivity contribution in [1.29, 1.82) is 0 Å². The SMILES string of the molecule is Cc1cc(N2CCN(C(=O)Nc3ccc4c(c3)OCCO4)CC2)no1. The van der Waals surface area contributed by atoms with E-state index in [1.165, 1.54) is 0 Å². The fraction of sp³-hybridized carbons (Fsp3) is 0.412. The Morgan fingerprint density at radius 1 is 1.08 bits per heavy atom. The number of fused-ring (bicyclic) bond motifs is 1. The number of piperazine rings is 1. The number of amides is 2. The van der Waals surface area contributed by atoms with E-state index in [9.17, 15) is 4.79 Å². The third-order valence-corrected chi connectivity index (χ3v) is 4.30. The maximum absolute atomic E-state index is 12.5. The summed E-state index contributed by atoms with van der Waals surface area (Å²) in [4.78, 5) is 16.4. The van der Waals surface area contributed by atoms with Gasteiger partial charge in [0.1, 0.15) is 19.0 Å². The second kappa shape index (κ2) is 6.54. The Morgan fingerprint density at radius 2 is 1.84 bits per heavy atom. The van der Waals surface area contributed by atoms with E-state index in [1.54, 1.807) is 11.0 Å². The number of rotatable bonds is 2. The lowest BCUT2D eigenvalue weighted by Crippen LogP contribution is -2.50. The van der Waals surface area contributed by atoms with Crippen LogP contribution in [-0.2, 0) is 0 Å². The Balaban J connectivity index is 1.34. The van der Waals surface area contributed by atoms with Gasteiger partial charge >= 0.3 is 6.03 Å². The molecule has 0 saturated carbocycles. The summed E-state index contributed by atoms with van der Waals surface area (Å²) in [6, 6.07) is 7.22. The highest BCUT2D eigenvalue weighted by atomic mass is 16.6. The van der Waals surface area contributed by atoms with Gasteiger partial charge in [-0.2, -0.15) is 0 Å². The van der Waals surface area contributed by atoms with Crippen molar-refractivity contribution in [3.05, 3.63) is 30.0 Å². The van der Waals surface area contributed by atoms with Crippen LogP contribution in [0.2, 0.25) is 0 Å². The maximum atomic E-state index is 12.5. The predicted molar refractivity (Wildman–Crippen MR) is 91.5 cm³/mol. The minimum Gasteiger partial charge on any atom is -0.486 e. The molecule has 2 aromatic rings. The molecule has 1 fully saturated rings. The molecule has 1 N–H and O–H groups in total. The van der Waals surface area contributed by atoms with E-state index < -0.39 is 0 Å². The number of benzene rings is 1. The summed E-state index contributed by atoms with van der Waals surface area (Å²) < 4.78 is 16.1. The van der Waals surface area contributed by atoms with Crippen molar-refractivity contribution in [2.24, 2.45) is 0 Å². The summed E-state index contributed by atoms with van der Waals surface area (Å²) >= 11 is 0. The van der Waals surface area contributed by atoms with Gasteiger partial charge in [0.25, 0.3) is 0 Å². The summed E-state index contributed by atoms with van der Waals surface area (Å²) in [7, 11) is 0. The van der Waals surface area contributed by atoms with Gasteiger partial charge < -0.3 is 29.1 Å². The zero-order chi connectivity index (χ0) is 17.2. The largest absolute Gasteiger partial charge is 0.486 e. The molecule has 25 heavy (non-hydrogen) atoms. The lowest BCUT2D eigenvalue weighted by Gasteiger charge is -2.34. The second-order valence-electron chi connectivity index (χ2n) is 6.06. The maximum Gasteiger partial charge on any atom is 0.321 e. The first kappa shape index (κ1) is 15.6.